The molecule has 23 heavy (non-hydrogen) atoms. The molecule has 0 aliphatic carbocycles. The van der Waals surface area contributed by atoms with Crippen LogP contribution in [-0.4, -0.2) is 36.3 Å². The molecule has 3 rings (SSSR count). The van der Waals surface area contributed by atoms with Crippen LogP contribution in [0.15, 0.2) is 16.3 Å². The van der Waals surface area contributed by atoms with Crippen molar-refractivity contribution in [3.63, 3.8) is 0 Å². The van der Waals surface area contributed by atoms with Crippen LogP contribution in [0.4, 0.5) is 5.82 Å². The molecule has 2 aromatic rings. The van der Waals surface area contributed by atoms with Crippen LogP contribution in [0.3, 0.4) is 0 Å². The van der Waals surface area contributed by atoms with Crippen molar-refractivity contribution < 1.29 is 14.9 Å². The van der Waals surface area contributed by atoms with Crippen LogP contribution in [0, 0.1) is 0 Å². The van der Waals surface area contributed by atoms with Gasteiger partial charge in [-0.15, -0.1) is 0 Å². The summed E-state index contributed by atoms with van der Waals surface area (Å²) < 4.78 is 7.94. The van der Waals surface area contributed by atoms with Gasteiger partial charge in [-0.3, -0.25) is 4.57 Å². The molecule has 1 aliphatic heterocycles. The highest BCUT2D eigenvalue weighted by atomic mass is 79.9. The Labute approximate surface area is 141 Å². The third-order valence-corrected chi connectivity index (χ3v) is 4.32. The van der Waals surface area contributed by atoms with E-state index in [0.717, 1.165) is 6.42 Å². The molecule has 0 saturated heterocycles. The predicted octanol–water partition coefficient (Wildman–Crippen LogP) is 1.98. The lowest BCUT2D eigenvalue weighted by Crippen LogP contribution is -2.30. The monoisotopic (exact) mass is 383 g/mol. The summed E-state index contributed by atoms with van der Waals surface area (Å²) >= 11 is 3.40. The van der Waals surface area contributed by atoms with Gasteiger partial charge < -0.3 is 20.7 Å². The molecule has 8 nitrogen and oxygen atoms in total. The van der Waals surface area contributed by atoms with Gasteiger partial charge in [0, 0.05) is 6.42 Å². The van der Waals surface area contributed by atoms with Gasteiger partial charge in [0.1, 0.15) is 18.2 Å². The zero-order chi connectivity index (χ0) is 16.8. The highest BCUT2D eigenvalue weighted by Crippen LogP contribution is 2.40. The summed E-state index contributed by atoms with van der Waals surface area (Å²) in [7, 11) is 0. The van der Waals surface area contributed by atoms with Gasteiger partial charge in [0.05, 0.1) is 6.42 Å². The lowest BCUT2D eigenvalue weighted by molar-refractivity contribution is -0.0367. The number of fused-ring (bicyclic) bond motifs is 1. The number of ether oxygens (including phenoxy) is 1. The first-order chi connectivity index (χ1) is 10.9. The van der Waals surface area contributed by atoms with Crippen molar-refractivity contribution in [1.82, 2.24) is 19.5 Å². The average molecular weight is 384 g/mol. The van der Waals surface area contributed by atoms with Crippen LogP contribution in [-0.2, 0) is 16.9 Å². The van der Waals surface area contributed by atoms with Crippen molar-refractivity contribution in [3.05, 3.63) is 22.1 Å². The molecule has 1 aliphatic rings. The molecule has 0 fully saturated rings. The third-order valence-electron chi connectivity index (χ3n) is 3.79. The summed E-state index contributed by atoms with van der Waals surface area (Å²) in [5.41, 5.74) is 6.05. The Bertz CT molecular complexity index is 803. The topological polar surface area (TPSA) is 119 Å². The molecule has 0 amide bonds. The van der Waals surface area contributed by atoms with Gasteiger partial charge in [0.25, 0.3) is 0 Å². The Morgan fingerprint density at radius 1 is 1.39 bits per heavy atom. The van der Waals surface area contributed by atoms with Gasteiger partial charge in [-0.25, -0.2) is 15.0 Å². The predicted molar refractivity (Wildman–Crippen MR) is 87.5 cm³/mol. The van der Waals surface area contributed by atoms with Crippen LogP contribution < -0.4 is 5.73 Å². The van der Waals surface area contributed by atoms with Gasteiger partial charge in [-0.1, -0.05) is 6.92 Å². The molecule has 0 spiro atoms. The fourth-order valence-corrected chi connectivity index (χ4v) is 3.49. The largest absolute Gasteiger partial charge is 0.508 e. The van der Waals surface area contributed by atoms with Gasteiger partial charge in [0.15, 0.2) is 33.2 Å². The number of nitrogens with zero attached hydrogens (tertiary/aromatic N) is 4. The van der Waals surface area contributed by atoms with Crippen LogP contribution >= 0.6 is 15.9 Å². The zero-order valence-corrected chi connectivity index (χ0v) is 14.5. The van der Waals surface area contributed by atoms with Gasteiger partial charge >= 0.3 is 0 Å². The zero-order valence-electron chi connectivity index (χ0n) is 12.9. The number of aryl methyl sites for hydroxylation is 1. The SMILES string of the molecule is CCCc1nc(N)c2nc(Br)n([C@]3(C)CC(O)=C(CO)O3)c2n1. The minimum atomic E-state index is -0.958. The highest BCUT2D eigenvalue weighted by Gasteiger charge is 2.41. The fraction of sp³-hybridized carbons (Fsp3) is 0.500. The molecule has 4 N–H and O–H groups in total. The van der Waals surface area contributed by atoms with E-state index in [-0.39, 0.29) is 24.5 Å². The smallest absolute Gasteiger partial charge is 0.194 e. The second-order valence-electron chi connectivity index (χ2n) is 5.65. The van der Waals surface area contributed by atoms with E-state index >= 15 is 0 Å². The summed E-state index contributed by atoms with van der Waals surface area (Å²) in [5.74, 6) is 1.10. The number of nitrogens with two attached hydrogens (primary N) is 1. The number of imidazole rings is 1. The first kappa shape index (κ1) is 16.0. The van der Waals surface area contributed by atoms with Crippen molar-refractivity contribution in [2.75, 3.05) is 12.3 Å². The maximum Gasteiger partial charge on any atom is 0.194 e. The Kier molecular flexibility index (Phi) is 3.93. The Balaban J connectivity index is 2.16. The summed E-state index contributed by atoms with van der Waals surface area (Å²) in [6, 6.07) is 0. The van der Waals surface area contributed by atoms with E-state index in [1.807, 2.05) is 6.92 Å². The van der Waals surface area contributed by atoms with Crippen molar-refractivity contribution in [1.29, 1.82) is 0 Å². The van der Waals surface area contributed by atoms with E-state index in [9.17, 15) is 10.2 Å². The first-order valence-corrected chi connectivity index (χ1v) is 8.10. The molecule has 0 saturated carbocycles. The standard InChI is InChI=1S/C14H18BrN5O3/c1-3-4-9-17-11(16)10-12(18-9)20(13(15)19-10)14(2)5-7(22)8(6-21)23-14/h21-22H,3-6H2,1-2H3,(H2,16,17,18)/t14-/m0/s1. The molecule has 0 aromatic carbocycles. The minimum absolute atomic E-state index is 0.0135. The number of rotatable bonds is 4. The van der Waals surface area contributed by atoms with Crippen LogP contribution in [0.2, 0.25) is 0 Å². The number of halogens is 1. The van der Waals surface area contributed by atoms with E-state index in [0.29, 0.717) is 34.0 Å². The van der Waals surface area contributed by atoms with E-state index in [1.54, 1.807) is 11.5 Å². The number of aliphatic hydroxyl groups is 2. The summed E-state index contributed by atoms with van der Waals surface area (Å²) in [6.07, 6.45) is 1.79. The Morgan fingerprint density at radius 3 is 2.74 bits per heavy atom. The van der Waals surface area contributed by atoms with Gasteiger partial charge in [-0.05, 0) is 29.3 Å². The maximum absolute atomic E-state index is 9.97. The lowest BCUT2D eigenvalue weighted by atomic mass is 10.1. The van der Waals surface area contributed by atoms with Crippen LogP contribution in [0.25, 0.3) is 11.2 Å². The van der Waals surface area contributed by atoms with Crippen molar-refractivity contribution in [3.8, 4) is 0 Å². The molecule has 0 unspecified atom stereocenters. The molecular weight excluding hydrogens is 366 g/mol. The van der Waals surface area contributed by atoms with Gasteiger partial charge in [0.2, 0.25) is 0 Å². The maximum atomic E-state index is 9.97. The van der Waals surface area contributed by atoms with E-state index in [2.05, 4.69) is 30.9 Å². The normalized spacial score (nSPS) is 21.2. The molecule has 9 heteroatoms. The summed E-state index contributed by atoms with van der Waals surface area (Å²) in [5, 5.41) is 19.2. The molecule has 0 bridgehead atoms. The molecule has 0 radical (unpaired) electrons. The van der Waals surface area contributed by atoms with E-state index < -0.39 is 5.72 Å². The van der Waals surface area contributed by atoms with Crippen molar-refractivity contribution >= 4 is 32.9 Å². The molecule has 3 heterocycles. The number of hydrogen-bond acceptors (Lipinski definition) is 7. The van der Waals surface area contributed by atoms with Crippen LogP contribution in [0.1, 0.15) is 32.5 Å². The van der Waals surface area contributed by atoms with Crippen LogP contribution in [0.5, 0.6) is 0 Å². The third kappa shape index (κ3) is 2.53. The summed E-state index contributed by atoms with van der Waals surface area (Å²) in [6.45, 7) is 3.45. The Morgan fingerprint density at radius 2 is 2.13 bits per heavy atom. The molecule has 2 aromatic heterocycles. The number of nitrogen functional groups attached to an aromatic ring is 1. The fourth-order valence-electron chi connectivity index (χ4n) is 2.77. The minimum Gasteiger partial charge on any atom is -0.508 e. The molecule has 124 valence electrons. The molecular formula is C14H18BrN5O3. The molecule has 1 atom stereocenters. The second kappa shape index (κ2) is 5.64. The first-order valence-electron chi connectivity index (χ1n) is 7.31. The lowest BCUT2D eigenvalue weighted by Gasteiger charge is -2.27. The van der Waals surface area contributed by atoms with Gasteiger partial charge in [-0.2, -0.15) is 0 Å². The number of anilines is 1. The van der Waals surface area contributed by atoms with Crippen molar-refractivity contribution in [2.24, 2.45) is 0 Å². The second-order valence-corrected chi connectivity index (χ2v) is 6.35. The van der Waals surface area contributed by atoms with Crippen molar-refractivity contribution in [2.45, 2.75) is 38.8 Å². The van der Waals surface area contributed by atoms with E-state index in [4.69, 9.17) is 10.5 Å². The highest BCUT2D eigenvalue weighted by molar-refractivity contribution is 9.10. The summed E-state index contributed by atoms with van der Waals surface area (Å²) in [4.78, 5) is 13.2. The average Bonchev–Trinajstić information content (AvgIpc) is 2.96. The number of hydrogen-bond donors (Lipinski definition) is 3. The number of aromatic nitrogens is 4. The quantitative estimate of drug-likeness (QED) is 0.690. The van der Waals surface area contributed by atoms with E-state index in [1.165, 1.54) is 0 Å². The number of aliphatic hydroxyl groups excluding tert-OH is 2. The Hall–Kier alpha value is -1.87.